The monoisotopic (exact) mass is 506 g/mol. The number of nitrogens with zero attached hydrogens (tertiary/aromatic N) is 2. The van der Waals surface area contributed by atoms with E-state index in [1.165, 1.54) is 0 Å². The van der Waals surface area contributed by atoms with Gasteiger partial charge < -0.3 is 25.4 Å². The van der Waals surface area contributed by atoms with E-state index in [4.69, 9.17) is 15.2 Å². The Labute approximate surface area is 212 Å². The average molecular weight is 507 g/mol. The van der Waals surface area contributed by atoms with Crippen LogP contribution in [0.2, 0.25) is 0 Å². The Kier molecular flexibility index (Phi) is 6.15. The molecule has 1 amide bonds. The molecule has 3 atom stereocenters. The van der Waals surface area contributed by atoms with Crippen LogP contribution in [0.5, 0.6) is 0 Å². The Morgan fingerprint density at radius 2 is 1.97 bits per heavy atom. The zero-order valence-corrected chi connectivity index (χ0v) is 20.9. The van der Waals surface area contributed by atoms with E-state index in [1.807, 2.05) is 60.4 Å². The number of nitrogens with two attached hydrogens (primary N) is 1. The summed E-state index contributed by atoms with van der Waals surface area (Å²) < 4.78 is 25.0. The molecular formula is C27H30N4O4S. The summed E-state index contributed by atoms with van der Waals surface area (Å²) in [4.78, 5) is 20.4. The second-order valence-electron chi connectivity index (χ2n) is 9.71. The first kappa shape index (κ1) is 23.4. The van der Waals surface area contributed by atoms with Crippen molar-refractivity contribution < 1.29 is 18.5 Å². The Bertz CT molecular complexity index is 1320. The van der Waals surface area contributed by atoms with Crippen LogP contribution in [0.15, 0.2) is 59.6 Å². The molecule has 0 bridgehead atoms. The van der Waals surface area contributed by atoms with Crippen molar-refractivity contribution >= 4 is 39.0 Å². The number of hydrogen-bond donors (Lipinski definition) is 2. The number of ether oxygens (including phenoxy) is 2. The topological polar surface area (TPSA) is 107 Å². The number of pyridine rings is 1. The smallest absolute Gasteiger partial charge is 0.242 e. The fourth-order valence-electron chi connectivity index (χ4n) is 5.33. The van der Waals surface area contributed by atoms with Crippen molar-refractivity contribution in [3.63, 3.8) is 0 Å². The summed E-state index contributed by atoms with van der Waals surface area (Å²) in [6.07, 6.45) is 3.81. The van der Waals surface area contributed by atoms with Crippen LogP contribution in [0.4, 0.5) is 11.5 Å². The summed E-state index contributed by atoms with van der Waals surface area (Å²) in [7, 11) is -1.08. The molecule has 3 fully saturated rings. The molecule has 1 unspecified atom stereocenters. The molecule has 3 aromatic rings. The third-order valence-corrected chi connectivity index (χ3v) is 9.17. The summed E-state index contributed by atoms with van der Waals surface area (Å²) in [5.74, 6) is 0.452. The van der Waals surface area contributed by atoms with Crippen molar-refractivity contribution in [3.05, 3.63) is 60.3 Å². The van der Waals surface area contributed by atoms with Gasteiger partial charge in [-0.3, -0.25) is 9.00 Å². The summed E-state index contributed by atoms with van der Waals surface area (Å²) in [6, 6.07) is 15.3. The molecule has 0 radical (unpaired) electrons. The molecule has 6 rings (SSSR count). The van der Waals surface area contributed by atoms with Crippen molar-refractivity contribution in [3.8, 4) is 0 Å². The van der Waals surface area contributed by atoms with Gasteiger partial charge in [0.25, 0.3) is 0 Å². The van der Waals surface area contributed by atoms with Gasteiger partial charge in [-0.05, 0) is 67.5 Å². The summed E-state index contributed by atoms with van der Waals surface area (Å²) in [5.41, 5.74) is 7.75. The molecule has 188 valence electrons. The fourth-order valence-corrected chi connectivity index (χ4v) is 6.89. The lowest BCUT2D eigenvalue weighted by Crippen LogP contribution is -2.46. The molecule has 3 aliphatic rings. The second-order valence-corrected chi connectivity index (χ2v) is 11.4. The first-order valence-electron chi connectivity index (χ1n) is 12.5. The van der Waals surface area contributed by atoms with Crippen LogP contribution in [0.1, 0.15) is 37.8 Å². The SMILES string of the molecule is CC1OC([C@H]2CCN(C(=O)CNc3ccc4c(N)nccc4c3)[C@H]2c2ccccc2S(=O)C2CC2)O1. The minimum absolute atomic E-state index is 0.0151. The van der Waals surface area contributed by atoms with Gasteiger partial charge in [0.05, 0.1) is 23.4 Å². The maximum Gasteiger partial charge on any atom is 0.242 e. The number of carbonyl (C=O) groups excluding carboxylic acids is 1. The number of hydrogen-bond acceptors (Lipinski definition) is 7. The second kappa shape index (κ2) is 9.46. The molecule has 3 N–H and O–H groups in total. The quantitative estimate of drug-likeness (QED) is 0.502. The number of benzene rings is 2. The molecule has 36 heavy (non-hydrogen) atoms. The highest BCUT2D eigenvalue weighted by Crippen LogP contribution is 2.46. The lowest BCUT2D eigenvalue weighted by molar-refractivity contribution is -0.393. The molecule has 0 spiro atoms. The van der Waals surface area contributed by atoms with Crippen LogP contribution in [0, 0.1) is 5.92 Å². The van der Waals surface area contributed by atoms with E-state index in [0.29, 0.717) is 12.4 Å². The summed E-state index contributed by atoms with van der Waals surface area (Å²) in [6.45, 7) is 2.61. The molecule has 9 heteroatoms. The number of carbonyl (C=O) groups is 1. The lowest BCUT2D eigenvalue weighted by Gasteiger charge is -2.41. The number of fused-ring (bicyclic) bond motifs is 1. The van der Waals surface area contributed by atoms with Crippen LogP contribution in [-0.4, -0.2) is 50.9 Å². The van der Waals surface area contributed by atoms with Gasteiger partial charge in [0.2, 0.25) is 5.91 Å². The van der Waals surface area contributed by atoms with E-state index in [0.717, 1.165) is 46.2 Å². The third kappa shape index (κ3) is 4.36. The molecular weight excluding hydrogens is 476 g/mol. The van der Waals surface area contributed by atoms with E-state index in [-0.39, 0.29) is 42.2 Å². The molecule has 8 nitrogen and oxygen atoms in total. The predicted octanol–water partition coefficient (Wildman–Crippen LogP) is 3.81. The third-order valence-electron chi connectivity index (χ3n) is 7.29. The maximum absolute atomic E-state index is 13.6. The van der Waals surface area contributed by atoms with E-state index in [9.17, 15) is 9.00 Å². The standard InChI is InChI=1S/C27H30N4O4S/c1-16-34-27(35-16)22-11-13-31(25(22)21-4-2-3-5-23(21)36(33)19-7-8-19)24(32)15-30-18-6-9-20-17(14-18)10-12-29-26(20)28/h2-6,9-10,12,14,16,19,22,25,27,30H,7-8,11,13,15H2,1H3,(H2,28,29)/t16?,22-,25-,27?,36?/m0/s1. The zero-order chi connectivity index (χ0) is 24.8. The number of nitrogens with one attached hydrogen (secondary N) is 1. The number of aromatic nitrogens is 1. The lowest BCUT2D eigenvalue weighted by atomic mass is 9.92. The van der Waals surface area contributed by atoms with Gasteiger partial charge in [-0.15, -0.1) is 0 Å². The van der Waals surface area contributed by atoms with Gasteiger partial charge in [-0.2, -0.15) is 0 Å². The highest BCUT2D eigenvalue weighted by atomic mass is 32.2. The number of amides is 1. The minimum atomic E-state index is -1.08. The van der Waals surface area contributed by atoms with E-state index >= 15 is 0 Å². The largest absolute Gasteiger partial charge is 0.383 e. The van der Waals surface area contributed by atoms with Gasteiger partial charge in [-0.25, -0.2) is 4.98 Å². The Morgan fingerprint density at radius 3 is 2.75 bits per heavy atom. The van der Waals surface area contributed by atoms with Gasteiger partial charge in [0.1, 0.15) is 5.82 Å². The molecule has 3 heterocycles. The van der Waals surface area contributed by atoms with Crippen LogP contribution in [-0.2, 0) is 25.1 Å². The molecule has 1 aromatic heterocycles. The van der Waals surface area contributed by atoms with Crippen LogP contribution in [0.25, 0.3) is 10.8 Å². The molecule has 1 aliphatic carbocycles. The van der Waals surface area contributed by atoms with Crippen molar-refractivity contribution in [2.75, 3.05) is 24.1 Å². The average Bonchev–Trinajstić information content (AvgIpc) is 3.63. The Balaban J connectivity index is 1.25. The van der Waals surface area contributed by atoms with Crippen molar-refractivity contribution in [2.45, 2.75) is 55.0 Å². The van der Waals surface area contributed by atoms with Crippen molar-refractivity contribution in [2.24, 2.45) is 5.92 Å². The summed E-state index contributed by atoms with van der Waals surface area (Å²) >= 11 is 0. The van der Waals surface area contributed by atoms with Gasteiger partial charge in [0, 0.05) is 39.9 Å². The number of nitrogen functional groups attached to an aromatic ring is 1. The number of rotatable bonds is 7. The van der Waals surface area contributed by atoms with Crippen molar-refractivity contribution in [1.29, 1.82) is 0 Å². The Hall–Kier alpha value is -3.01. The van der Waals surface area contributed by atoms with Crippen LogP contribution >= 0.6 is 0 Å². The molecule has 2 aromatic carbocycles. The van der Waals surface area contributed by atoms with Gasteiger partial charge >= 0.3 is 0 Å². The van der Waals surface area contributed by atoms with Gasteiger partial charge in [-0.1, -0.05) is 18.2 Å². The highest BCUT2D eigenvalue weighted by molar-refractivity contribution is 7.86. The zero-order valence-electron chi connectivity index (χ0n) is 20.1. The number of likely N-dealkylation sites (tertiary alicyclic amines) is 1. The fraction of sp³-hybridized carbons (Fsp3) is 0.407. The van der Waals surface area contributed by atoms with Crippen LogP contribution < -0.4 is 11.1 Å². The maximum atomic E-state index is 13.6. The number of anilines is 2. The van der Waals surface area contributed by atoms with E-state index in [2.05, 4.69) is 10.3 Å². The van der Waals surface area contributed by atoms with Crippen LogP contribution in [0.3, 0.4) is 0 Å². The van der Waals surface area contributed by atoms with Gasteiger partial charge in [0.15, 0.2) is 12.6 Å². The van der Waals surface area contributed by atoms with E-state index < -0.39 is 10.8 Å². The normalized spacial score (nSPS) is 26.5. The minimum Gasteiger partial charge on any atom is -0.383 e. The Morgan fingerprint density at radius 1 is 1.17 bits per heavy atom. The van der Waals surface area contributed by atoms with Crippen molar-refractivity contribution in [1.82, 2.24) is 9.88 Å². The summed E-state index contributed by atoms with van der Waals surface area (Å²) in [5, 5.41) is 5.33. The highest BCUT2D eigenvalue weighted by Gasteiger charge is 2.48. The first-order chi connectivity index (χ1) is 17.5. The molecule has 1 saturated carbocycles. The molecule has 2 saturated heterocycles. The first-order valence-corrected chi connectivity index (χ1v) is 13.7. The predicted molar refractivity (Wildman–Crippen MR) is 138 cm³/mol. The molecule has 2 aliphatic heterocycles. The van der Waals surface area contributed by atoms with E-state index in [1.54, 1.807) is 6.20 Å².